The molecule has 0 unspecified atom stereocenters. The summed E-state index contributed by atoms with van der Waals surface area (Å²) >= 11 is 0. The van der Waals surface area contributed by atoms with Gasteiger partial charge in [-0.05, 0) is 81.5 Å². The second kappa shape index (κ2) is 13.6. The van der Waals surface area contributed by atoms with Crippen LogP contribution >= 0.6 is 0 Å². The first-order valence-electron chi connectivity index (χ1n) is 13.3. The molecule has 5 aromatic rings. The minimum absolute atomic E-state index is 0. The summed E-state index contributed by atoms with van der Waals surface area (Å²) in [5.41, 5.74) is 10.1. The van der Waals surface area contributed by atoms with Crippen LogP contribution in [0.25, 0.3) is 38.6 Å². The fourth-order valence-corrected chi connectivity index (χ4v) is 4.61. The van der Waals surface area contributed by atoms with Crippen LogP contribution in [-0.4, -0.2) is 0 Å². The molecule has 0 aliphatic heterocycles. The molecule has 5 aromatic carbocycles. The Kier molecular flexibility index (Phi) is 10.3. The summed E-state index contributed by atoms with van der Waals surface area (Å²) in [5, 5.41) is 2.66. The van der Waals surface area contributed by atoms with Crippen LogP contribution in [0, 0.1) is 5.92 Å². The van der Waals surface area contributed by atoms with Crippen molar-refractivity contribution in [2.45, 2.75) is 48.0 Å². The van der Waals surface area contributed by atoms with Gasteiger partial charge < -0.3 is 0 Å². The Hall–Kier alpha value is -3.90. The fraction of sp³-hybridized carbons (Fsp3) is 0.211. The lowest BCUT2D eigenvalue weighted by molar-refractivity contribution is 0.737. The lowest BCUT2D eigenvalue weighted by Gasteiger charge is -2.15. The molecular weight excluding hydrogens is 456 g/mol. The Balaban J connectivity index is 0.000000749. The Morgan fingerprint density at radius 3 is 1.84 bits per heavy atom. The average molecular weight is 499 g/mol. The molecule has 0 amide bonds. The van der Waals surface area contributed by atoms with E-state index >= 15 is 0 Å². The fourth-order valence-electron chi connectivity index (χ4n) is 4.61. The predicted octanol–water partition coefficient (Wildman–Crippen LogP) is 11.3. The van der Waals surface area contributed by atoms with Gasteiger partial charge in [0.1, 0.15) is 0 Å². The summed E-state index contributed by atoms with van der Waals surface area (Å²) in [5.74, 6) is 0.833. The number of benzene rings is 5. The van der Waals surface area contributed by atoms with Gasteiger partial charge in [0.25, 0.3) is 0 Å². The Bertz CT molecular complexity index is 1440. The number of hydrogen-bond acceptors (Lipinski definition) is 0. The SMILES string of the molecule is C.C=C(C)c1ccc(-c2cc(CCc3ccccc3)c3c(-c4ccccc4)cccc3c2)cc1.CC(C)C. The molecule has 0 saturated heterocycles. The lowest BCUT2D eigenvalue weighted by atomic mass is 9.89. The number of rotatable bonds is 6. The summed E-state index contributed by atoms with van der Waals surface area (Å²) in [6.45, 7) is 12.6. The van der Waals surface area contributed by atoms with E-state index in [-0.39, 0.29) is 7.43 Å². The van der Waals surface area contributed by atoms with Gasteiger partial charge >= 0.3 is 0 Å². The Morgan fingerprint density at radius 1 is 0.632 bits per heavy atom. The van der Waals surface area contributed by atoms with Crippen molar-refractivity contribution in [2.75, 3.05) is 0 Å². The molecule has 0 aliphatic rings. The first kappa shape index (κ1) is 28.7. The summed E-state index contributed by atoms with van der Waals surface area (Å²) < 4.78 is 0. The van der Waals surface area contributed by atoms with Crippen molar-refractivity contribution in [3.8, 4) is 22.3 Å². The maximum Gasteiger partial charge on any atom is -0.00728 e. The van der Waals surface area contributed by atoms with E-state index in [4.69, 9.17) is 0 Å². The molecule has 0 atom stereocenters. The minimum Gasteiger partial charge on any atom is -0.0955 e. The molecule has 194 valence electrons. The second-order valence-corrected chi connectivity index (χ2v) is 10.5. The summed E-state index contributed by atoms with van der Waals surface area (Å²) in [6.07, 6.45) is 2.03. The van der Waals surface area contributed by atoms with E-state index in [1.807, 2.05) is 0 Å². The molecule has 5 rings (SSSR count). The van der Waals surface area contributed by atoms with Crippen LogP contribution in [0.15, 0.2) is 122 Å². The van der Waals surface area contributed by atoms with Crippen molar-refractivity contribution in [2.24, 2.45) is 5.92 Å². The zero-order valence-corrected chi connectivity index (χ0v) is 22.7. The topological polar surface area (TPSA) is 0 Å². The molecule has 0 radical (unpaired) electrons. The smallest absolute Gasteiger partial charge is 0.00728 e. The molecule has 0 heterocycles. The van der Waals surface area contributed by atoms with Gasteiger partial charge in [0, 0.05) is 0 Å². The second-order valence-electron chi connectivity index (χ2n) is 10.5. The molecule has 38 heavy (non-hydrogen) atoms. The standard InChI is InChI=1S/C33H28.C4H10.CH4/c1-24(2)26-18-20-27(21-19-26)31-22-29-14-9-15-32(28-12-7-4-8-13-28)33(29)30(23-31)17-16-25-10-5-3-6-11-25;1-4(2)3;/h3-15,18-23H,1,16-17H2,2H3;4H,1-3H3;1H4. The minimum atomic E-state index is 0. The van der Waals surface area contributed by atoms with Crippen molar-refractivity contribution in [1.29, 1.82) is 0 Å². The first-order valence-corrected chi connectivity index (χ1v) is 13.3. The van der Waals surface area contributed by atoms with Crippen LogP contribution in [0.5, 0.6) is 0 Å². The molecule has 0 spiro atoms. The quantitative estimate of drug-likeness (QED) is 0.218. The highest BCUT2D eigenvalue weighted by Crippen LogP contribution is 2.35. The van der Waals surface area contributed by atoms with Crippen LogP contribution in [0.3, 0.4) is 0 Å². The van der Waals surface area contributed by atoms with Gasteiger partial charge in [0.05, 0.1) is 0 Å². The first-order chi connectivity index (χ1) is 17.9. The zero-order chi connectivity index (χ0) is 26.2. The molecule has 0 nitrogen and oxygen atoms in total. The molecule has 0 saturated carbocycles. The highest BCUT2D eigenvalue weighted by atomic mass is 14.2. The zero-order valence-electron chi connectivity index (χ0n) is 22.7. The summed E-state index contributed by atoms with van der Waals surface area (Å²) in [6, 6.07) is 41.7. The third-order valence-electron chi connectivity index (χ3n) is 6.38. The molecule has 0 aromatic heterocycles. The molecule has 0 bridgehead atoms. The number of fused-ring (bicyclic) bond motifs is 1. The number of allylic oxidation sites excluding steroid dienone is 1. The highest BCUT2D eigenvalue weighted by Gasteiger charge is 2.12. The summed E-state index contributed by atoms with van der Waals surface area (Å²) in [7, 11) is 0. The van der Waals surface area contributed by atoms with Gasteiger partial charge in [0.2, 0.25) is 0 Å². The van der Waals surface area contributed by atoms with Gasteiger partial charge in [0.15, 0.2) is 0 Å². The number of aryl methyl sites for hydroxylation is 2. The highest BCUT2D eigenvalue weighted by molar-refractivity contribution is 6.01. The van der Waals surface area contributed by atoms with Crippen molar-refractivity contribution in [3.63, 3.8) is 0 Å². The van der Waals surface area contributed by atoms with Crippen LogP contribution < -0.4 is 0 Å². The Morgan fingerprint density at radius 2 is 1.24 bits per heavy atom. The Labute approximate surface area is 230 Å². The van der Waals surface area contributed by atoms with Crippen LogP contribution in [0.2, 0.25) is 0 Å². The van der Waals surface area contributed by atoms with Gasteiger partial charge in [-0.15, -0.1) is 0 Å². The average Bonchev–Trinajstić information content (AvgIpc) is 2.92. The monoisotopic (exact) mass is 498 g/mol. The van der Waals surface area contributed by atoms with Crippen molar-refractivity contribution < 1.29 is 0 Å². The van der Waals surface area contributed by atoms with Crippen molar-refractivity contribution in [1.82, 2.24) is 0 Å². The van der Waals surface area contributed by atoms with E-state index in [9.17, 15) is 0 Å². The lowest BCUT2D eigenvalue weighted by Crippen LogP contribution is -1.96. The van der Waals surface area contributed by atoms with E-state index in [2.05, 4.69) is 150 Å². The van der Waals surface area contributed by atoms with Crippen molar-refractivity contribution in [3.05, 3.63) is 139 Å². The summed E-state index contributed by atoms with van der Waals surface area (Å²) in [4.78, 5) is 0. The molecular formula is C38H42. The van der Waals surface area contributed by atoms with Gasteiger partial charge in [-0.1, -0.05) is 150 Å². The molecule has 0 aliphatic carbocycles. The predicted molar refractivity (Wildman–Crippen MR) is 171 cm³/mol. The largest absolute Gasteiger partial charge is 0.0955 e. The van der Waals surface area contributed by atoms with Crippen LogP contribution in [0.4, 0.5) is 0 Å². The van der Waals surface area contributed by atoms with E-state index in [0.29, 0.717) is 0 Å². The van der Waals surface area contributed by atoms with Gasteiger partial charge in [-0.2, -0.15) is 0 Å². The van der Waals surface area contributed by atoms with E-state index in [1.165, 1.54) is 49.7 Å². The van der Waals surface area contributed by atoms with Gasteiger partial charge in [-0.25, -0.2) is 0 Å². The maximum atomic E-state index is 4.07. The normalized spacial score (nSPS) is 10.4. The third kappa shape index (κ3) is 7.33. The van der Waals surface area contributed by atoms with Crippen LogP contribution in [-0.2, 0) is 12.8 Å². The van der Waals surface area contributed by atoms with Crippen molar-refractivity contribution >= 4 is 16.3 Å². The van der Waals surface area contributed by atoms with Crippen LogP contribution in [0.1, 0.15) is 51.8 Å². The third-order valence-corrected chi connectivity index (χ3v) is 6.38. The van der Waals surface area contributed by atoms with E-state index < -0.39 is 0 Å². The molecule has 0 heteroatoms. The maximum absolute atomic E-state index is 4.07. The van der Waals surface area contributed by atoms with E-state index in [0.717, 1.165) is 24.3 Å². The molecule has 0 N–H and O–H groups in total. The molecule has 0 fully saturated rings. The van der Waals surface area contributed by atoms with Gasteiger partial charge in [-0.3, -0.25) is 0 Å². The number of hydrogen-bond donors (Lipinski definition) is 0. The van der Waals surface area contributed by atoms with E-state index in [1.54, 1.807) is 0 Å².